The minimum absolute atomic E-state index is 0.0650. The smallest absolute Gasteiger partial charge is 0.323 e. The van der Waals surface area contributed by atoms with Crippen LogP contribution in [0.3, 0.4) is 0 Å². The van der Waals surface area contributed by atoms with Crippen LogP contribution in [0.25, 0.3) is 0 Å². The first-order valence-electron chi connectivity index (χ1n) is 7.40. The molecule has 6 heteroatoms. The van der Waals surface area contributed by atoms with Gasteiger partial charge in [0.2, 0.25) is 0 Å². The normalized spacial score (nSPS) is 23.4. The number of rotatable bonds is 7. The Morgan fingerprint density at radius 2 is 2.10 bits per heavy atom. The van der Waals surface area contributed by atoms with Crippen LogP contribution in [0.4, 0.5) is 4.79 Å². The predicted molar refractivity (Wildman–Crippen MR) is 82.2 cm³/mol. The average Bonchev–Trinajstić information content (AvgIpc) is 2.82. The molecule has 1 aliphatic rings. The van der Waals surface area contributed by atoms with Gasteiger partial charge in [0.1, 0.15) is 6.54 Å². The molecule has 1 fully saturated rings. The molecule has 1 aliphatic carbocycles. The predicted octanol–water partition coefficient (Wildman–Crippen LogP) is 2.56. The lowest BCUT2D eigenvalue weighted by Gasteiger charge is -2.30. The van der Waals surface area contributed by atoms with Crippen molar-refractivity contribution < 1.29 is 14.7 Å². The summed E-state index contributed by atoms with van der Waals surface area (Å²) in [7, 11) is 0. The van der Waals surface area contributed by atoms with E-state index in [4.69, 9.17) is 5.11 Å². The average molecular weight is 302 g/mol. The van der Waals surface area contributed by atoms with Crippen molar-refractivity contribution in [3.05, 3.63) is 0 Å². The third-order valence-corrected chi connectivity index (χ3v) is 5.16. The first-order valence-corrected chi connectivity index (χ1v) is 8.44. The molecule has 0 aromatic heterocycles. The standard InChI is InChI=1S/C14H26N2O3S/c1-4-10(3)16(9-13(17)18)14(19)15-11-7-6-8-12(11)20-5-2/h10-12H,4-9H2,1-3H3,(H,15,19)(H,17,18). The lowest BCUT2D eigenvalue weighted by molar-refractivity contribution is -0.138. The molecule has 2 N–H and O–H groups in total. The summed E-state index contributed by atoms with van der Waals surface area (Å²) < 4.78 is 0. The molecule has 1 saturated carbocycles. The van der Waals surface area contributed by atoms with E-state index in [1.807, 2.05) is 25.6 Å². The van der Waals surface area contributed by atoms with E-state index in [-0.39, 0.29) is 24.7 Å². The van der Waals surface area contributed by atoms with Crippen molar-refractivity contribution in [3.8, 4) is 0 Å². The third kappa shape index (κ3) is 4.89. The third-order valence-electron chi connectivity index (χ3n) is 3.83. The largest absolute Gasteiger partial charge is 0.480 e. The summed E-state index contributed by atoms with van der Waals surface area (Å²) in [6, 6.07) is -0.132. The Hall–Kier alpha value is -0.910. The van der Waals surface area contributed by atoms with Crippen LogP contribution in [0.1, 0.15) is 46.5 Å². The Kier molecular flexibility index (Phi) is 7.19. The maximum Gasteiger partial charge on any atom is 0.323 e. The first kappa shape index (κ1) is 17.1. The Labute approximate surface area is 125 Å². The van der Waals surface area contributed by atoms with Crippen LogP contribution in [0.5, 0.6) is 0 Å². The Morgan fingerprint density at radius 3 is 2.65 bits per heavy atom. The number of carbonyl (C=O) groups excluding carboxylic acids is 1. The molecule has 0 heterocycles. The van der Waals surface area contributed by atoms with E-state index in [0.717, 1.165) is 31.4 Å². The fourth-order valence-electron chi connectivity index (χ4n) is 2.54. The number of carbonyl (C=O) groups is 2. The van der Waals surface area contributed by atoms with E-state index >= 15 is 0 Å². The molecule has 1 rings (SSSR count). The summed E-state index contributed by atoms with van der Waals surface area (Å²) in [5.74, 6) is 0.0766. The fraction of sp³-hybridized carbons (Fsp3) is 0.857. The zero-order valence-electron chi connectivity index (χ0n) is 12.6. The number of aliphatic carboxylic acids is 1. The number of amides is 2. The Morgan fingerprint density at radius 1 is 1.40 bits per heavy atom. The molecule has 0 aromatic rings. The van der Waals surface area contributed by atoms with Gasteiger partial charge in [0.15, 0.2) is 0 Å². The number of urea groups is 1. The highest BCUT2D eigenvalue weighted by atomic mass is 32.2. The summed E-state index contributed by atoms with van der Waals surface area (Å²) in [6.07, 6.45) is 4.00. The first-order chi connectivity index (χ1) is 9.49. The second-order valence-corrected chi connectivity index (χ2v) is 6.78. The van der Waals surface area contributed by atoms with Gasteiger partial charge in [-0.25, -0.2) is 4.79 Å². The Balaban J connectivity index is 2.62. The van der Waals surface area contributed by atoms with Crippen molar-refractivity contribution >= 4 is 23.8 Å². The molecule has 0 aliphatic heterocycles. The van der Waals surface area contributed by atoms with Crippen LogP contribution < -0.4 is 5.32 Å². The molecule has 0 radical (unpaired) electrons. The molecule has 0 aromatic carbocycles. The SMILES string of the molecule is CCSC1CCCC1NC(=O)N(CC(=O)O)C(C)CC. The maximum absolute atomic E-state index is 12.3. The van der Waals surface area contributed by atoms with E-state index < -0.39 is 5.97 Å². The zero-order chi connectivity index (χ0) is 15.1. The number of nitrogens with one attached hydrogen (secondary N) is 1. The highest BCUT2D eigenvalue weighted by Gasteiger charge is 2.31. The van der Waals surface area contributed by atoms with Gasteiger partial charge in [-0.3, -0.25) is 4.79 Å². The number of hydrogen-bond acceptors (Lipinski definition) is 3. The van der Waals surface area contributed by atoms with Gasteiger partial charge in [-0.2, -0.15) is 11.8 Å². The summed E-state index contributed by atoms with van der Waals surface area (Å²) in [4.78, 5) is 24.7. The number of carboxylic acids is 1. The van der Waals surface area contributed by atoms with E-state index in [0.29, 0.717) is 5.25 Å². The molecule has 0 saturated heterocycles. The van der Waals surface area contributed by atoms with Crippen molar-refractivity contribution in [2.45, 2.75) is 63.8 Å². The Bertz CT molecular complexity index is 338. The molecule has 3 unspecified atom stereocenters. The lowest BCUT2D eigenvalue weighted by atomic mass is 10.2. The topological polar surface area (TPSA) is 69.6 Å². The molecule has 116 valence electrons. The van der Waals surface area contributed by atoms with E-state index in [9.17, 15) is 9.59 Å². The van der Waals surface area contributed by atoms with Gasteiger partial charge in [-0.1, -0.05) is 20.3 Å². The molecule has 2 amide bonds. The van der Waals surface area contributed by atoms with Crippen LogP contribution in [-0.4, -0.2) is 51.6 Å². The van der Waals surface area contributed by atoms with Crippen LogP contribution in [0.2, 0.25) is 0 Å². The van der Waals surface area contributed by atoms with Crippen molar-refractivity contribution in [1.29, 1.82) is 0 Å². The van der Waals surface area contributed by atoms with Crippen LogP contribution in [-0.2, 0) is 4.79 Å². The molecule has 0 spiro atoms. The van der Waals surface area contributed by atoms with Gasteiger partial charge < -0.3 is 15.3 Å². The van der Waals surface area contributed by atoms with Crippen molar-refractivity contribution in [3.63, 3.8) is 0 Å². The van der Waals surface area contributed by atoms with Gasteiger partial charge >= 0.3 is 12.0 Å². The molecule has 3 atom stereocenters. The number of carboxylic acid groups (broad SMARTS) is 1. The molecule has 5 nitrogen and oxygen atoms in total. The van der Waals surface area contributed by atoms with Crippen molar-refractivity contribution in [2.24, 2.45) is 0 Å². The van der Waals surface area contributed by atoms with Crippen LogP contribution >= 0.6 is 11.8 Å². The number of hydrogen-bond donors (Lipinski definition) is 2. The highest BCUT2D eigenvalue weighted by molar-refractivity contribution is 7.99. The quantitative estimate of drug-likeness (QED) is 0.758. The zero-order valence-corrected chi connectivity index (χ0v) is 13.4. The molecular weight excluding hydrogens is 276 g/mol. The van der Waals surface area contributed by atoms with Crippen molar-refractivity contribution in [1.82, 2.24) is 10.2 Å². The number of thioether (sulfide) groups is 1. The summed E-state index contributed by atoms with van der Waals surface area (Å²) in [5.41, 5.74) is 0. The molecular formula is C14H26N2O3S. The van der Waals surface area contributed by atoms with Gasteiger partial charge in [0.05, 0.1) is 0 Å². The van der Waals surface area contributed by atoms with Crippen LogP contribution in [0, 0.1) is 0 Å². The van der Waals surface area contributed by atoms with Gasteiger partial charge in [-0.05, 0) is 31.9 Å². The minimum Gasteiger partial charge on any atom is -0.480 e. The second kappa shape index (κ2) is 8.39. The van der Waals surface area contributed by atoms with Gasteiger partial charge in [-0.15, -0.1) is 0 Å². The molecule has 0 bridgehead atoms. The lowest BCUT2D eigenvalue weighted by Crippen LogP contribution is -2.51. The summed E-state index contributed by atoms with van der Waals surface area (Å²) >= 11 is 1.88. The summed E-state index contributed by atoms with van der Waals surface area (Å²) in [6.45, 7) is 5.73. The van der Waals surface area contributed by atoms with Gasteiger partial charge in [0.25, 0.3) is 0 Å². The monoisotopic (exact) mass is 302 g/mol. The fourth-order valence-corrected chi connectivity index (χ4v) is 3.74. The second-order valence-electron chi connectivity index (χ2n) is 5.26. The van der Waals surface area contributed by atoms with E-state index in [1.165, 1.54) is 4.90 Å². The van der Waals surface area contributed by atoms with E-state index in [1.54, 1.807) is 0 Å². The van der Waals surface area contributed by atoms with E-state index in [2.05, 4.69) is 12.2 Å². The van der Waals surface area contributed by atoms with Gasteiger partial charge in [0, 0.05) is 17.3 Å². The van der Waals surface area contributed by atoms with Crippen molar-refractivity contribution in [2.75, 3.05) is 12.3 Å². The molecule has 20 heavy (non-hydrogen) atoms. The highest BCUT2D eigenvalue weighted by Crippen LogP contribution is 2.30. The minimum atomic E-state index is -0.966. The number of nitrogens with zero attached hydrogens (tertiary/aromatic N) is 1. The van der Waals surface area contributed by atoms with Crippen LogP contribution in [0.15, 0.2) is 0 Å². The maximum atomic E-state index is 12.3. The summed E-state index contributed by atoms with van der Waals surface area (Å²) in [5, 5.41) is 12.5.